The van der Waals surface area contributed by atoms with Gasteiger partial charge in [-0.3, -0.25) is 4.79 Å². The molecule has 1 aliphatic heterocycles. The third-order valence-electron chi connectivity index (χ3n) is 5.25. The minimum Gasteiger partial charge on any atom is -0.406 e. The summed E-state index contributed by atoms with van der Waals surface area (Å²) in [4.78, 5) is 27.5. The van der Waals surface area contributed by atoms with Crippen LogP contribution in [-0.2, 0) is 0 Å². The highest BCUT2D eigenvalue weighted by molar-refractivity contribution is 6.05. The predicted molar refractivity (Wildman–Crippen MR) is 117 cm³/mol. The zero-order valence-electron chi connectivity index (χ0n) is 17.8. The summed E-state index contributed by atoms with van der Waals surface area (Å²) < 4.78 is 40.8. The molecule has 3 aromatic rings. The van der Waals surface area contributed by atoms with Gasteiger partial charge in [-0.05, 0) is 43.2 Å². The highest BCUT2D eigenvalue weighted by atomic mass is 19.4. The van der Waals surface area contributed by atoms with Crippen molar-refractivity contribution >= 4 is 17.4 Å². The van der Waals surface area contributed by atoms with Crippen molar-refractivity contribution in [3.8, 4) is 22.9 Å². The van der Waals surface area contributed by atoms with Gasteiger partial charge >= 0.3 is 6.36 Å². The maximum absolute atomic E-state index is 12.8. The van der Waals surface area contributed by atoms with E-state index in [4.69, 9.17) is 0 Å². The third-order valence-corrected chi connectivity index (χ3v) is 5.25. The molecule has 2 aromatic heterocycles. The van der Waals surface area contributed by atoms with Crippen LogP contribution in [0.4, 0.5) is 24.7 Å². The number of carbonyl (C=O) groups is 1. The number of nitrogens with one attached hydrogen (secondary N) is 1. The molecule has 1 atom stereocenters. The predicted octanol–water partition coefficient (Wildman–Crippen LogP) is 4.43. The number of hydrogen-bond donors (Lipinski definition) is 1. The summed E-state index contributed by atoms with van der Waals surface area (Å²) in [6.07, 6.45) is 2.92. The lowest BCUT2D eigenvalue weighted by Crippen LogP contribution is -2.35. The molecule has 0 bridgehead atoms. The number of rotatable bonds is 5. The molecule has 1 fully saturated rings. The first kappa shape index (κ1) is 23.0. The molecule has 1 N–H and O–H groups in total. The summed E-state index contributed by atoms with van der Waals surface area (Å²) >= 11 is 0. The van der Waals surface area contributed by atoms with Gasteiger partial charge in [0.2, 0.25) is 0 Å². The smallest absolute Gasteiger partial charge is 0.406 e. The van der Waals surface area contributed by atoms with Gasteiger partial charge in [0.15, 0.2) is 0 Å². The first-order valence-corrected chi connectivity index (χ1v) is 10.4. The molecule has 0 spiro atoms. The molecule has 174 valence electrons. The van der Waals surface area contributed by atoms with Gasteiger partial charge in [0, 0.05) is 48.5 Å². The van der Waals surface area contributed by atoms with Gasteiger partial charge in [-0.15, -0.1) is 13.2 Å². The number of piperidine rings is 1. The second kappa shape index (κ2) is 9.74. The molecule has 3 heterocycles. The molecule has 1 amide bonds. The standard InChI is InChI=1S/C23H19F3N6O2/c24-23(25,26)34-19-5-3-18(4-6-19)31-22(33)16-8-20(17-10-28-14-29-11-17)21(30-12-16)32-7-1-2-15(9-27)13-32/h3-6,8,10-12,14-15H,1-2,7,13H2,(H,31,33). The van der Waals surface area contributed by atoms with E-state index in [1.54, 1.807) is 18.5 Å². The number of nitriles is 1. The molecule has 1 aromatic carbocycles. The molecule has 34 heavy (non-hydrogen) atoms. The summed E-state index contributed by atoms with van der Waals surface area (Å²) in [6, 6.07) is 8.80. The Hall–Kier alpha value is -4.20. The van der Waals surface area contributed by atoms with Crippen LogP contribution in [0.5, 0.6) is 5.75 Å². The monoisotopic (exact) mass is 468 g/mol. The lowest BCUT2D eigenvalue weighted by atomic mass is 9.98. The summed E-state index contributed by atoms with van der Waals surface area (Å²) in [5.41, 5.74) is 1.83. The molecule has 4 rings (SSSR count). The quantitative estimate of drug-likeness (QED) is 0.591. The van der Waals surface area contributed by atoms with Crippen molar-refractivity contribution in [2.75, 3.05) is 23.3 Å². The molecular formula is C23H19F3N6O2. The maximum Gasteiger partial charge on any atom is 0.573 e. The number of nitrogens with zero attached hydrogens (tertiary/aromatic N) is 5. The fourth-order valence-electron chi connectivity index (χ4n) is 3.70. The summed E-state index contributed by atoms with van der Waals surface area (Å²) in [6.45, 7) is 1.26. The van der Waals surface area contributed by atoms with Crippen LogP contribution in [-0.4, -0.2) is 40.3 Å². The molecule has 1 aliphatic rings. The normalized spacial score (nSPS) is 15.9. The van der Waals surface area contributed by atoms with Crippen molar-refractivity contribution in [3.63, 3.8) is 0 Å². The summed E-state index contributed by atoms with van der Waals surface area (Å²) in [5, 5.41) is 12.0. The van der Waals surface area contributed by atoms with E-state index in [0.29, 0.717) is 29.2 Å². The number of hydrogen-bond acceptors (Lipinski definition) is 7. The van der Waals surface area contributed by atoms with Crippen LogP contribution >= 0.6 is 0 Å². The second-order valence-electron chi connectivity index (χ2n) is 7.66. The number of alkyl halides is 3. The number of amides is 1. The van der Waals surface area contributed by atoms with E-state index < -0.39 is 12.3 Å². The first-order chi connectivity index (χ1) is 16.3. The fraction of sp³-hybridized carbons (Fsp3) is 0.261. The third kappa shape index (κ3) is 5.58. The lowest BCUT2D eigenvalue weighted by molar-refractivity contribution is -0.274. The van der Waals surface area contributed by atoms with Crippen molar-refractivity contribution in [1.82, 2.24) is 15.0 Å². The number of aromatic nitrogens is 3. The Kier molecular flexibility index (Phi) is 6.58. The molecule has 0 saturated carbocycles. The van der Waals surface area contributed by atoms with Gasteiger partial charge in [-0.1, -0.05) is 0 Å². The Labute approximate surface area is 193 Å². The Bertz CT molecular complexity index is 1200. The van der Waals surface area contributed by atoms with Crippen molar-refractivity contribution in [1.29, 1.82) is 5.26 Å². The van der Waals surface area contributed by atoms with E-state index in [1.165, 1.54) is 24.7 Å². The Morgan fingerprint density at radius 1 is 1.18 bits per heavy atom. The Morgan fingerprint density at radius 2 is 1.91 bits per heavy atom. The number of anilines is 2. The van der Waals surface area contributed by atoms with Crippen molar-refractivity contribution in [3.05, 3.63) is 60.8 Å². The van der Waals surface area contributed by atoms with Crippen LogP contribution in [0.3, 0.4) is 0 Å². The lowest BCUT2D eigenvalue weighted by Gasteiger charge is -2.32. The van der Waals surface area contributed by atoms with Crippen LogP contribution < -0.4 is 15.0 Å². The fourth-order valence-corrected chi connectivity index (χ4v) is 3.70. The van der Waals surface area contributed by atoms with Crippen LogP contribution in [0.25, 0.3) is 11.1 Å². The number of pyridine rings is 1. The van der Waals surface area contributed by atoms with E-state index in [9.17, 15) is 23.2 Å². The largest absolute Gasteiger partial charge is 0.573 e. The molecule has 8 nitrogen and oxygen atoms in total. The van der Waals surface area contributed by atoms with Gasteiger partial charge in [0.1, 0.15) is 17.9 Å². The minimum atomic E-state index is -4.79. The van der Waals surface area contributed by atoms with E-state index in [0.717, 1.165) is 31.5 Å². The minimum absolute atomic E-state index is 0.109. The summed E-state index contributed by atoms with van der Waals surface area (Å²) in [7, 11) is 0. The van der Waals surface area contributed by atoms with Crippen molar-refractivity contribution < 1.29 is 22.7 Å². The highest BCUT2D eigenvalue weighted by Gasteiger charge is 2.31. The SMILES string of the molecule is N#CC1CCCN(c2ncc(C(=O)Nc3ccc(OC(F)(F)F)cc3)cc2-c2cncnc2)C1. The average molecular weight is 468 g/mol. The first-order valence-electron chi connectivity index (χ1n) is 10.4. The van der Waals surface area contributed by atoms with E-state index in [-0.39, 0.29) is 17.2 Å². The second-order valence-corrected chi connectivity index (χ2v) is 7.66. The van der Waals surface area contributed by atoms with Gasteiger partial charge in [-0.25, -0.2) is 15.0 Å². The topological polar surface area (TPSA) is 104 Å². The Morgan fingerprint density at radius 3 is 2.59 bits per heavy atom. The summed E-state index contributed by atoms with van der Waals surface area (Å²) in [5.74, 6) is -0.363. The number of benzene rings is 1. The van der Waals surface area contributed by atoms with Crippen molar-refractivity contribution in [2.24, 2.45) is 5.92 Å². The van der Waals surface area contributed by atoms with Crippen LogP contribution in [0, 0.1) is 17.2 Å². The van der Waals surface area contributed by atoms with Crippen LogP contribution in [0.15, 0.2) is 55.2 Å². The maximum atomic E-state index is 12.8. The van der Waals surface area contributed by atoms with Gasteiger partial charge in [-0.2, -0.15) is 5.26 Å². The average Bonchev–Trinajstić information content (AvgIpc) is 2.84. The zero-order valence-corrected chi connectivity index (χ0v) is 17.8. The molecule has 0 radical (unpaired) electrons. The number of ether oxygens (including phenoxy) is 1. The van der Waals surface area contributed by atoms with Gasteiger partial charge in [0.05, 0.1) is 17.6 Å². The Balaban J connectivity index is 1.59. The van der Waals surface area contributed by atoms with Crippen LogP contribution in [0.2, 0.25) is 0 Å². The molecule has 0 aliphatic carbocycles. The van der Waals surface area contributed by atoms with E-state index in [2.05, 4.69) is 31.1 Å². The molecule has 11 heteroatoms. The molecular weight excluding hydrogens is 449 g/mol. The van der Waals surface area contributed by atoms with Gasteiger partial charge < -0.3 is 15.0 Å². The zero-order chi connectivity index (χ0) is 24.1. The highest BCUT2D eigenvalue weighted by Crippen LogP contribution is 2.32. The number of halogens is 3. The molecule has 1 saturated heterocycles. The number of carbonyl (C=O) groups excluding carboxylic acids is 1. The molecule has 1 unspecified atom stereocenters. The van der Waals surface area contributed by atoms with Crippen LogP contribution in [0.1, 0.15) is 23.2 Å². The van der Waals surface area contributed by atoms with E-state index >= 15 is 0 Å². The van der Waals surface area contributed by atoms with Gasteiger partial charge in [0.25, 0.3) is 5.91 Å². The van der Waals surface area contributed by atoms with Crippen molar-refractivity contribution in [2.45, 2.75) is 19.2 Å². The van der Waals surface area contributed by atoms with E-state index in [1.807, 2.05) is 4.90 Å².